The fourth-order valence-corrected chi connectivity index (χ4v) is 2.97. The standard InChI is InChI=1S/C19H22N2O3/c1-12(2)24-17-14(9-7-11-16(17)23-4)18-20-19(22)13-8-5-6-10-15(13)21(18)3/h5-12,18H,1-4H3,(H,20,22). The zero-order valence-electron chi connectivity index (χ0n) is 14.4. The maximum absolute atomic E-state index is 12.5. The van der Waals surface area contributed by atoms with Crippen LogP contribution in [0.15, 0.2) is 42.5 Å². The van der Waals surface area contributed by atoms with Crippen LogP contribution in [0, 0.1) is 0 Å². The lowest BCUT2D eigenvalue weighted by Gasteiger charge is -2.37. The van der Waals surface area contributed by atoms with E-state index in [1.165, 1.54) is 0 Å². The molecule has 0 aromatic heterocycles. The summed E-state index contributed by atoms with van der Waals surface area (Å²) in [6.07, 6.45) is -0.326. The van der Waals surface area contributed by atoms with Crippen LogP contribution in [0.1, 0.15) is 35.9 Å². The molecule has 0 spiro atoms. The zero-order valence-corrected chi connectivity index (χ0v) is 14.4. The number of carbonyl (C=O) groups excluding carboxylic acids is 1. The molecule has 3 rings (SSSR count). The fraction of sp³-hybridized carbons (Fsp3) is 0.316. The summed E-state index contributed by atoms with van der Waals surface area (Å²) in [5.74, 6) is 1.22. The quantitative estimate of drug-likeness (QED) is 0.936. The minimum absolute atomic E-state index is 0.00284. The van der Waals surface area contributed by atoms with Crippen molar-refractivity contribution in [1.82, 2.24) is 5.32 Å². The first-order valence-electron chi connectivity index (χ1n) is 7.99. The van der Waals surface area contributed by atoms with Crippen LogP contribution in [0.4, 0.5) is 5.69 Å². The van der Waals surface area contributed by atoms with E-state index in [2.05, 4.69) is 5.32 Å². The Morgan fingerprint density at radius 1 is 1.12 bits per heavy atom. The Morgan fingerprint density at radius 2 is 1.88 bits per heavy atom. The summed E-state index contributed by atoms with van der Waals surface area (Å²) in [4.78, 5) is 14.5. The molecule has 126 valence electrons. The van der Waals surface area contributed by atoms with Crippen molar-refractivity contribution in [3.05, 3.63) is 53.6 Å². The molecule has 1 heterocycles. The predicted molar refractivity (Wildman–Crippen MR) is 93.8 cm³/mol. The van der Waals surface area contributed by atoms with Gasteiger partial charge in [0.25, 0.3) is 5.91 Å². The van der Waals surface area contributed by atoms with E-state index in [0.717, 1.165) is 11.3 Å². The van der Waals surface area contributed by atoms with Crippen molar-refractivity contribution >= 4 is 11.6 Å². The number of carbonyl (C=O) groups is 1. The molecule has 1 aliphatic rings. The summed E-state index contributed by atoms with van der Waals surface area (Å²) in [6.45, 7) is 3.93. The van der Waals surface area contributed by atoms with Gasteiger partial charge in [0.1, 0.15) is 6.17 Å². The molecular formula is C19H22N2O3. The number of nitrogens with zero attached hydrogens (tertiary/aromatic N) is 1. The van der Waals surface area contributed by atoms with Crippen molar-refractivity contribution in [3.63, 3.8) is 0 Å². The van der Waals surface area contributed by atoms with Crippen molar-refractivity contribution in [1.29, 1.82) is 0 Å². The summed E-state index contributed by atoms with van der Waals surface area (Å²) >= 11 is 0. The van der Waals surface area contributed by atoms with Crippen LogP contribution in [0.25, 0.3) is 0 Å². The van der Waals surface area contributed by atoms with Gasteiger partial charge < -0.3 is 19.7 Å². The Hall–Kier alpha value is -2.69. The van der Waals surface area contributed by atoms with Crippen LogP contribution < -0.4 is 19.7 Å². The lowest BCUT2D eigenvalue weighted by Crippen LogP contribution is -2.44. The van der Waals surface area contributed by atoms with E-state index in [9.17, 15) is 4.79 Å². The van der Waals surface area contributed by atoms with Crippen LogP contribution in [0.3, 0.4) is 0 Å². The number of benzene rings is 2. The predicted octanol–water partition coefficient (Wildman–Crippen LogP) is 3.36. The van der Waals surface area contributed by atoms with Gasteiger partial charge >= 0.3 is 0 Å². The van der Waals surface area contributed by atoms with Crippen LogP contribution in [0.5, 0.6) is 11.5 Å². The van der Waals surface area contributed by atoms with E-state index in [1.54, 1.807) is 7.11 Å². The highest BCUT2D eigenvalue weighted by Gasteiger charge is 2.32. The third-order valence-corrected chi connectivity index (χ3v) is 4.06. The van der Waals surface area contributed by atoms with Crippen molar-refractivity contribution in [3.8, 4) is 11.5 Å². The SMILES string of the molecule is COc1cccc(C2NC(=O)c3ccccc3N2C)c1OC(C)C. The third-order valence-electron chi connectivity index (χ3n) is 4.06. The number of para-hydroxylation sites is 2. The second-order valence-corrected chi connectivity index (χ2v) is 6.05. The van der Waals surface area contributed by atoms with Gasteiger partial charge in [0.15, 0.2) is 11.5 Å². The Labute approximate surface area is 142 Å². The second kappa shape index (κ2) is 6.43. The Kier molecular flexibility index (Phi) is 4.34. The van der Waals surface area contributed by atoms with Gasteiger partial charge in [-0.25, -0.2) is 0 Å². The highest BCUT2D eigenvalue weighted by atomic mass is 16.5. The molecule has 5 heteroatoms. The van der Waals surface area contributed by atoms with Crippen molar-refractivity contribution < 1.29 is 14.3 Å². The van der Waals surface area contributed by atoms with Crippen LogP contribution >= 0.6 is 0 Å². The van der Waals surface area contributed by atoms with Crippen molar-refractivity contribution in [2.75, 3.05) is 19.1 Å². The molecule has 0 fully saturated rings. The van der Waals surface area contributed by atoms with Gasteiger partial charge in [0, 0.05) is 12.6 Å². The monoisotopic (exact) mass is 326 g/mol. The molecule has 1 aliphatic heterocycles. The molecule has 0 saturated carbocycles. The van der Waals surface area contributed by atoms with E-state index >= 15 is 0 Å². The minimum Gasteiger partial charge on any atom is -0.493 e. The summed E-state index contributed by atoms with van der Waals surface area (Å²) in [5.41, 5.74) is 2.43. The molecular weight excluding hydrogens is 304 g/mol. The Balaban J connectivity index is 2.08. The van der Waals surface area contributed by atoms with Gasteiger partial charge in [-0.1, -0.05) is 24.3 Å². The second-order valence-electron chi connectivity index (χ2n) is 6.05. The first-order valence-corrected chi connectivity index (χ1v) is 7.99. The molecule has 0 aliphatic carbocycles. The number of amides is 1. The maximum Gasteiger partial charge on any atom is 0.255 e. The van der Waals surface area contributed by atoms with Crippen LogP contribution in [-0.2, 0) is 0 Å². The average Bonchev–Trinajstić information content (AvgIpc) is 2.58. The summed E-state index contributed by atoms with van der Waals surface area (Å²) in [5, 5.41) is 3.06. The Morgan fingerprint density at radius 3 is 2.58 bits per heavy atom. The lowest BCUT2D eigenvalue weighted by atomic mass is 10.0. The highest BCUT2D eigenvalue weighted by molar-refractivity contribution is 6.02. The summed E-state index contributed by atoms with van der Waals surface area (Å²) in [6, 6.07) is 13.3. The molecule has 0 saturated heterocycles. The molecule has 5 nitrogen and oxygen atoms in total. The smallest absolute Gasteiger partial charge is 0.255 e. The lowest BCUT2D eigenvalue weighted by molar-refractivity contribution is 0.0927. The number of anilines is 1. The molecule has 2 aromatic rings. The maximum atomic E-state index is 12.5. The molecule has 2 aromatic carbocycles. The average molecular weight is 326 g/mol. The zero-order chi connectivity index (χ0) is 17.3. The number of methoxy groups -OCH3 is 1. The van der Waals surface area contributed by atoms with Gasteiger partial charge in [0.2, 0.25) is 0 Å². The van der Waals surface area contributed by atoms with Crippen molar-refractivity contribution in [2.24, 2.45) is 0 Å². The Bertz CT molecular complexity index is 758. The number of fused-ring (bicyclic) bond motifs is 1. The van der Waals surface area contributed by atoms with Gasteiger partial charge in [-0.15, -0.1) is 0 Å². The third kappa shape index (κ3) is 2.77. The van der Waals surface area contributed by atoms with Gasteiger partial charge in [-0.2, -0.15) is 0 Å². The van der Waals surface area contributed by atoms with E-state index in [0.29, 0.717) is 17.1 Å². The first kappa shape index (κ1) is 16.2. The van der Waals surface area contributed by atoms with E-state index in [4.69, 9.17) is 9.47 Å². The van der Waals surface area contributed by atoms with Gasteiger partial charge in [0.05, 0.1) is 24.5 Å². The molecule has 1 amide bonds. The normalized spacial score (nSPS) is 16.6. The van der Waals surface area contributed by atoms with Crippen LogP contribution in [-0.4, -0.2) is 26.2 Å². The topological polar surface area (TPSA) is 50.8 Å². The summed E-state index contributed by atoms with van der Waals surface area (Å²) < 4.78 is 11.4. The van der Waals surface area contributed by atoms with Gasteiger partial charge in [-0.05, 0) is 32.0 Å². The molecule has 1 N–H and O–H groups in total. The van der Waals surface area contributed by atoms with E-state index in [-0.39, 0.29) is 18.2 Å². The van der Waals surface area contributed by atoms with Crippen LogP contribution in [0.2, 0.25) is 0 Å². The number of hydrogen-bond acceptors (Lipinski definition) is 4. The number of rotatable bonds is 4. The van der Waals surface area contributed by atoms with Gasteiger partial charge in [-0.3, -0.25) is 4.79 Å². The largest absolute Gasteiger partial charge is 0.493 e. The van der Waals surface area contributed by atoms with E-state index in [1.807, 2.05) is 68.3 Å². The summed E-state index contributed by atoms with van der Waals surface area (Å²) in [7, 11) is 3.58. The molecule has 0 bridgehead atoms. The number of nitrogens with one attached hydrogen (secondary N) is 1. The fourth-order valence-electron chi connectivity index (χ4n) is 2.97. The molecule has 0 radical (unpaired) electrons. The first-order chi connectivity index (χ1) is 11.5. The molecule has 1 unspecified atom stereocenters. The molecule has 1 atom stereocenters. The highest BCUT2D eigenvalue weighted by Crippen LogP contribution is 2.40. The minimum atomic E-state index is -0.323. The van der Waals surface area contributed by atoms with E-state index < -0.39 is 0 Å². The molecule has 24 heavy (non-hydrogen) atoms. The van der Waals surface area contributed by atoms with Crippen molar-refractivity contribution in [2.45, 2.75) is 26.1 Å². The number of ether oxygens (including phenoxy) is 2. The number of hydrogen-bond donors (Lipinski definition) is 1.